The molecule has 0 radical (unpaired) electrons. The fraction of sp³-hybridized carbons (Fsp3) is 0.294. The highest BCUT2D eigenvalue weighted by molar-refractivity contribution is 5.50. The number of hydrogen-bond donors (Lipinski definition) is 1. The summed E-state index contributed by atoms with van der Waals surface area (Å²) < 4.78 is 0. The molecule has 0 aromatic heterocycles. The van der Waals surface area contributed by atoms with Gasteiger partial charge in [0, 0.05) is 30.5 Å². The molecule has 19 heavy (non-hydrogen) atoms. The summed E-state index contributed by atoms with van der Waals surface area (Å²) in [6.07, 6.45) is 2.51. The Morgan fingerprint density at radius 1 is 0.895 bits per heavy atom. The van der Waals surface area contributed by atoms with Gasteiger partial charge in [0.15, 0.2) is 0 Å². The quantitative estimate of drug-likeness (QED) is 0.891. The first kappa shape index (κ1) is 12.1. The smallest absolute Gasteiger partial charge is 0.0488 e. The molecule has 0 amide bonds. The zero-order chi connectivity index (χ0) is 13.1. The highest BCUT2D eigenvalue weighted by atomic mass is 15.2. The molecule has 1 N–H and O–H groups in total. The molecule has 1 fully saturated rings. The fourth-order valence-corrected chi connectivity index (χ4v) is 2.72. The van der Waals surface area contributed by atoms with Crippen molar-refractivity contribution in [3.05, 3.63) is 60.7 Å². The van der Waals surface area contributed by atoms with Crippen LogP contribution in [0.2, 0.25) is 0 Å². The number of nitrogens with zero attached hydrogens (tertiary/aromatic N) is 1. The van der Waals surface area contributed by atoms with Crippen LogP contribution in [0.1, 0.15) is 12.8 Å². The lowest BCUT2D eigenvalue weighted by molar-refractivity contribution is 0.357. The highest BCUT2D eigenvalue weighted by Gasteiger charge is 2.33. The third-order valence-electron chi connectivity index (χ3n) is 4.02. The largest absolute Gasteiger partial charge is 0.380 e. The Morgan fingerprint density at radius 3 is 2.11 bits per heavy atom. The molecule has 0 bridgehead atoms. The molecule has 2 nitrogen and oxygen atoms in total. The summed E-state index contributed by atoms with van der Waals surface area (Å²) in [6.45, 7) is 0. The van der Waals surface area contributed by atoms with Gasteiger partial charge in [0.1, 0.15) is 0 Å². The molecule has 2 aromatic rings. The average Bonchev–Trinajstić information content (AvgIpc) is 2.46. The molecule has 1 aliphatic rings. The number of rotatable bonds is 4. The van der Waals surface area contributed by atoms with Crippen LogP contribution >= 0.6 is 0 Å². The zero-order valence-corrected chi connectivity index (χ0v) is 11.3. The Labute approximate surface area is 115 Å². The Balaban J connectivity index is 1.66. The van der Waals surface area contributed by atoms with E-state index in [1.165, 1.54) is 24.2 Å². The van der Waals surface area contributed by atoms with E-state index in [4.69, 9.17) is 0 Å². The molecule has 3 rings (SSSR count). The zero-order valence-electron chi connectivity index (χ0n) is 11.3. The number of anilines is 2. The van der Waals surface area contributed by atoms with E-state index in [0.717, 1.165) is 0 Å². The molecule has 2 heteroatoms. The monoisotopic (exact) mass is 252 g/mol. The molecule has 98 valence electrons. The van der Waals surface area contributed by atoms with Crippen molar-refractivity contribution in [1.82, 2.24) is 0 Å². The predicted molar refractivity (Wildman–Crippen MR) is 81.7 cm³/mol. The maximum Gasteiger partial charge on any atom is 0.0488 e. The Morgan fingerprint density at radius 2 is 1.53 bits per heavy atom. The van der Waals surface area contributed by atoms with Gasteiger partial charge in [-0.2, -0.15) is 0 Å². The maximum atomic E-state index is 3.64. The van der Waals surface area contributed by atoms with Crippen LogP contribution in [0.3, 0.4) is 0 Å². The van der Waals surface area contributed by atoms with Crippen LogP contribution in [-0.2, 0) is 0 Å². The first-order chi connectivity index (χ1) is 9.34. The van der Waals surface area contributed by atoms with Gasteiger partial charge in [0.2, 0.25) is 0 Å². The SMILES string of the molecule is CN(c1ccccc1)C1CCC1Nc1ccccc1. The van der Waals surface area contributed by atoms with E-state index in [2.05, 4.69) is 77.9 Å². The van der Waals surface area contributed by atoms with Gasteiger partial charge in [-0.3, -0.25) is 0 Å². The summed E-state index contributed by atoms with van der Waals surface area (Å²) in [5.74, 6) is 0. The summed E-state index contributed by atoms with van der Waals surface area (Å²) in [5.41, 5.74) is 2.52. The van der Waals surface area contributed by atoms with E-state index in [0.29, 0.717) is 12.1 Å². The predicted octanol–water partition coefficient (Wildman–Crippen LogP) is 3.77. The van der Waals surface area contributed by atoms with Gasteiger partial charge in [-0.1, -0.05) is 36.4 Å². The lowest BCUT2D eigenvalue weighted by Crippen LogP contribution is -2.52. The van der Waals surface area contributed by atoms with Crippen LogP contribution in [0.15, 0.2) is 60.7 Å². The first-order valence-corrected chi connectivity index (χ1v) is 6.94. The Kier molecular flexibility index (Phi) is 3.41. The van der Waals surface area contributed by atoms with Gasteiger partial charge in [0.25, 0.3) is 0 Å². The average molecular weight is 252 g/mol. The molecule has 0 spiro atoms. The number of nitrogens with one attached hydrogen (secondary N) is 1. The number of hydrogen-bond acceptors (Lipinski definition) is 2. The van der Waals surface area contributed by atoms with E-state index >= 15 is 0 Å². The molecule has 2 atom stereocenters. The molecule has 0 saturated heterocycles. The second-order valence-electron chi connectivity index (χ2n) is 5.21. The molecule has 0 aliphatic heterocycles. The van der Waals surface area contributed by atoms with Crippen molar-refractivity contribution in [3.63, 3.8) is 0 Å². The normalized spacial score (nSPS) is 21.5. The summed E-state index contributed by atoms with van der Waals surface area (Å²) in [6, 6.07) is 22.3. The van der Waals surface area contributed by atoms with Gasteiger partial charge < -0.3 is 10.2 Å². The van der Waals surface area contributed by atoms with Crippen LogP contribution in [0.5, 0.6) is 0 Å². The minimum absolute atomic E-state index is 0.549. The maximum absolute atomic E-state index is 3.64. The van der Waals surface area contributed by atoms with Crippen molar-refractivity contribution in [2.45, 2.75) is 24.9 Å². The van der Waals surface area contributed by atoms with E-state index in [1.54, 1.807) is 0 Å². The Hall–Kier alpha value is -1.96. The molecular weight excluding hydrogens is 232 g/mol. The van der Waals surface area contributed by atoms with Gasteiger partial charge in [-0.25, -0.2) is 0 Å². The van der Waals surface area contributed by atoms with Crippen LogP contribution in [0, 0.1) is 0 Å². The van der Waals surface area contributed by atoms with Crippen molar-refractivity contribution in [1.29, 1.82) is 0 Å². The molecular formula is C17H20N2. The van der Waals surface area contributed by atoms with Gasteiger partial charge in [-0.15, -0.1) is 0 Å². The number of para-hydroxylation sites is 2. The minimum atomic E-state index is 0.549. The summed E-state index contributed by atoms with van der Waals surface area (Å²) in [4.78, 5) is 2.39. The number of likely N-dealkylation sites (N-methyl/N-ethyl adjacent to an activating group) is 1. The fourth-order valence-electron chi connectivity index (χ4n) is 2.72. The van der Waals surface area contributed by atoms with E-state index < -0.39 is 0 Å². The summed E-state index contributed by atoms with van der Waals surface area (Å²) >= 11 is 0. The van der Waals surface area contributed by atoms with Crippen LogP contribution in [-0.4, -0.2) is 19.1 Å². The van der Waals surface area contributed by atoms with Crippen LogP contribution in [0.4, 0.5) is 11.4 Å². The third kappa shape index (κ3) is 2.58. The number of benzene rings is 2. The minimum Gasteiger partial charge on any atom is -0.380 e. The topological polar surface area (TPSA) is 15.3 Å². The second-order valence-corrected chi connectivity index (χ2v) is 5.21. The second kappa shape index (κ2) is 5.35. The molecule has 1 saturated carbocycles. The lowest BCUT2D eigenvalue weighted by atomic mass is 9.84. The van der Waals surface area contributed by atoms with Crippen molar-refractivity contribution in [3.8, 4) is 0 Å². The van der Waals surface area contributed by atoms with Crippen molar-refractivity contribution < 1.29 is 0 Å². The van der Waals surface area contributed by atoms with Crippen LogP contribution < -0.4 is 10.2 Å². The first-order valence-electron chi connectivity index (χ1n) is 6.94. The highest BCUT2D eigenvalue weighted by Crippen LogP contribution is 2.31. The standard InChI is InChI=1S/C17H20N2/c1-19(15-10-6-3-7-11-15)17-13-12-16(17)18-14-8-4-2-5-9-14/h2-11,16-18H,12-13H2,1H3. The lowest BCUT2D eigenvalue weighted by Gasteiger charge is -2.44. The van der Waals surface area contributed by atoms with Gasteiger partial charge in [-0.05, 0) is 37.1 Å². The summed E-state index contributed by atoms with van der Waals surface area (Å²) in [7, 11) is 2.19. The molecule has 2 unspecified atom stereocenters. The Bertz CT molecular complexity index is 509. The van der Waals surface area contributed by atoms with Gasteiger partial charge >= 0.3 is 0 Å². The van der Waals surface area contributed by atoms with E-state index in [1.807, 2.05) is 0 Å². The third-order valence-corrected chi connectivity index (χ3v) is 4.02. The van der Waals surface area contributed by atoms with Crippen molar-refractivity contribution >= 4 is 11.4 Å². The van der Waals surface area contributed by atoms with Crippen molar-refractivity contribution in [2.24, 2.45) is 0 Å². The van der Waals surface area contributed by atoms with E-state index in [9.17, 15) is 0 Å². The molecule has 0 heterocycles. The molecule has 2 aromatic carbocycles. The van der Waals surface area contributed by atoms with Crippen molar-refractivity contribution in [2.75, 3.05) is 17.3 Å². The van der Waals surface area contributed by atoms with Crippen LogP contribution in [0.25, 0.3) is 0 Å². The summed E-state index contributed by atoms with van der Waals surface area (Å²) in [5, 5.41) is 3.64. The van der Waals surface area contributed by atoms with Gasteiger partial charge in [0.05, 0.1) is 0 Å². The van der Waals surface area contributed by atoms with E-state index in [-0.39, 0.29) is 0 Å². The molecule has 1 aliphatic carbocycles.